The van der Waals surface area contributed by atoms with Crippen LogP contribution >= 0.6 is 15.9 Å². The third-order valence-electron chi connectivity index (χ3n) is 0.797. The van der Waals surface area contributed by atoms with Gasteiger partial charge in [0.05, 0.1) is 12.7 Å². The lowest BCUT2D eigenvalue weighted by Crippen LogP contribution is -2.36. The number of aliphatic hydroxyl groups is 2. The average molecular weight is 198 g/mol. The number of aliphatic hydroxyl groups excluding tert-OH is 2. The summed E-state index contributed by atoms with van der Waals surface area (Å²) < 4.78 is 0. The monoisotopic (exact) mass is 197 g/mol. The van der Waals surface area contributed by atoms with E-state index in [0.29, 0.717) is 0 Å². The molecule has 0 saturated heterocycles. The number of hydrogen-bond donors (Lipinski definition) is 3. The van der Waals surface area contributed by atoms with E-state index in [4.69, 9.17) is 15.9 Å². The quantitative estimate of drug-likeness (QED) is 0.487. The summed E-state index contributed by atoms with van der Waals surface area (Å²) in [5.41, 5.74) is 4.76. The third-order valence-corrected chi connectivity index (χ3v) is 1.86. The van der Waals surface area contributed by atoms with Crippen molar-refractivity contribution in [2.75, 3.05) is 6.61 Å². The Morgan fingerprint density at radius 2 is 2.22 bits per heavy atom. The largest absolute Gasteiger partial charge is 0.394 e. The van der Waals surface area contributed by atoms with E-state index in [-0.39, 0.29) is 0 Å². The minimum atomic E-state index is -1.11. The number of amides is 1. The van der Waals surface area contributed by atoms with E-state index in [2.05, 4.69) is 15.9 Å². The van der Waals surface area contributed by atoms with Crippen molar-refractivity contribution < 1.29 is 15.0 Å². The zero-order valence-corrected chi connectivity index (χ0v) is 6.21. The Morgan fingerprint density at radius 3 is 2.33 bits per heavy atom. The topological polar surface area (TPSA) is 83.6 Å². The Bertz CT molecular complexity index is 108. The van der Waals surface area contributed by atoms with Crippen molar-refractivity contribution in [1.82, 2.24) is 0 Å². The summed E-state index contributed by atoms with van der Waals surface area (Å²) in [6, 6.07) is 0. The molecule has 0 heterocycles. The molecule has 9 heavy (non-hydrogen) atoms. The van der Waals surface area contributed by atoms with Crippen LogP contribution < -0.4 is 5.73 Å². The van der Waals surface area contributed by atoms with Crippen molar-refractivity contribution in [3.63, 3.8) is 0 Å². The minimum Gasteiger partial charge on any atom is -0.394 e. The second kappa shape index (κ2) is 3.81. The molecule has 54 valence electrons. The van der Waals surface area contributed by atoms with Gasteiger partial charge in [-0.3, -0.25) is 4.79 Å². The second-order valence-corrected chi connectivity index (χ2v) is 2.54. The summed E-state index contributed by atoms with van der Waals surface area (Å²) in [5, 5.41) is 17.0. The van der Waals surface area contributed by atoms with E-state index in [9.17, 15) is 4.79 Å². The first-order chi connectivity index (χ1) is 4.09. The van der Waals surface area contributed by atoms with Gasteiger partial charge in [-0.05, 0) is 0 Å². The summed E-state index contributed by atoms with van der Waals surface area (Å²) in [4.78, 5) is 9.35. The second-order valence-electron chi connectivity index (χ2n) is 1.55. The lowest BCUT2D eigenvalue weighted by Gasteiger charge is -2.09. The van der Waals surface area contributed by atoms with E-state index in [1.165, 1.54) is 0 Å². The molecule has 0 aromatic heterocycles. The average Bonchev–Trinajstić information content (AvgIpc) is 1.84. The van der Waals surface area contributed by atoms with E-state index >= 15 is 0 Å². The third kappa shape index (κ3) is 2.78. The van der Waals surface area contributed by atoms with Crippen LogP contribution in [0.2, 0.25) is 0 Å². The molecule has 0 bridgehead atoms. The van der Waals surface area contributed by atoms with Crippen molar-refractivity contribution in [2.24, 2.45) is 5.73 Å². The van der Waals surface area contributed by atoms with Crippen molar-refractivity contribution in [2.45, 2.75) is 10.9 Å². The van der Waals surface area contributed by atoms with Crippen LogP contribution in [-0.4, -0.2) is 33.7 Å². The van der Waals surface area contributed by atoms with E-state index < -0.39 is 23.4 Å². The van der Waals surface area contributed by atoms with Gasteiger partial charge in [0.1, 0.15) is 4.83 Å². The van der Waals surface area contributed by atoms with Crippen LogP contribution in [0, 0.1) is 0 Å². The Labute approximate surface area is 60.8 Å². The molecule has 5 heteroatoms. The molecule has 4 N–H and O–H groups in total. The summed E-state index contributed by atoms with van der Waals surface area (Å²) in [6.07, 6.45) is -1.11. The number of alkyl halides is 1. The highest BCUT2D eigenvalue weighted by atomic mass is 79.9. The first-order valence-electron chi connectivity index (χ1n) is 2.32. The van der Waals surface area contributed by atoms with Crippen LogP contribution in [0.3, 0.4) is 0 Å². The zero-order chi connectivity index (χ0) is 7.44. The molecule has 0 saturated carbocycles. The number of carbonyl (C=O) groups is 1. The number of rotatable bonds is 3. The van der Waals surface area contributed by atoms with Gasteiger partial charge in [0, 0.05) is 0 Å². The van der Waals surface area contributed by atoms with Gasteiger partial charge in [0.25, 0.3) is 0 Å². The Hall–Kier alpha value is -0.130. The fraction of sp³-hybridized carbons (Fsp3) is 0.750. The van der Waals surface area contributed by atoms with Crippen molar-refractivity contribution in [3.8, 4) is 0 Å². The smallest absolute Gasteiger partial charge is 0.233 e. The van der Waals surface area contributed by atoms with Gasteiger partial charge in [0.2, 0.25) is 5.91 Å². The molecular weight excluding hydrogens is 190 g/mol. The van der Waals surface area contributed by atoms with Crippen molar-refractivity contribution in [3.05, 3.63) is 0 Å². The predicted molar refractivity (Wildman–Crippen MR) is 35.0 cm³/mol. The van der Waals surface area contributed by atoms with Gasteiger partial charge >= 0.3 is 0 Å². The Balaban J connectivity index is 3.72. The van der Waals surface area contributed by atoms with Gasteiger partial charge in [-0.15, -0.1) is 0 Å². The molecule has 0 aromatic carbocycles. The molecule has 0 spiro atoms. The van der Waals surface area contributed by atoms with Gasteiger partial charge < -0.3 is 15.9 Å². The minimum absolute atomic E-state index is 0.473. The maximum absolute atomic E-state index is 10.2. The molecule has 0 aliphatic heterocycles. The SMILES string of the molecule is NC(=O)[C@@H](Br)[C@H](O)CO. The van der Waals surface area contributed by atoms with Gasteiger partial charge in [-0.2, -0.15) is 0 Å². The van der Waals surface area contributed by atoms with Crippen LogP contribution in [-0.2, 0) is 4.79 Å². The van der Waals surface area contributed by atoms with Crippen LogP contribution in [0.25, 0.3) is 0 Å². The van der Waals surface area contributed by atoms with Crippen molar-refractivity contribution >= 4 is 21.8 Å². The lowest BCUT2D eigenvalue weighted by atomic mass is 10.2. The molecule has 4 nitrogen and oxygen atoms in total. The standard InChI is InChI=1S/C4H8BrNO3/c5-3(4(6)9)2(8)1-7/h2-3,7-8H,1H2,(H2,6,9)/t2-,3+/m1/s1. The summed E-state index contributed by atoms with van der Waals surface area (Å²) in [5.74, 6) is -0.684. The Kier molecular flexibility index (Phi) is 3.76. The molecule has 2 atom stereocenters. The first kappa shape index (κ1) is 8.87. The van der Waals surface area contributed by atoms with Crippen LogP contribution in [0.4, 0.5) is 0 Å². The highest BCUT2D eigenvalue weighted by Crippen LogP contribution is 2.03. The first-order valence-corrected chi connectivity index (χ1v) is 3.23. The highest BCUT2D eigenvalue weighted by Gasteiger charge is 2.19. The summed E-state index contributed by atoms with van der Waals surface area (Å²) in [6.45, 7) is -0.473. The zero-order valence-electron chi connectivity index (χ0n) is 4.62. The predicted octanol–water partition coefficient (Wildman–Crippen LogP) is -1.41. The lowest BCUT2D eigenvalue weighted by molar-refractivity contribution is -0.119. The highest BCUT2D eigenvalue weighted by molar-refractivity contribution is 9.10. The van der Waals surface area contributed by atoms with Gasteiger partial charge in [-0.25, -0.2) is 0 Å². The number of hydrogen-bond acceptors (Lipinski definition) is 3. The van der Waals surface area contributed by atoms with Gasteiger partial charge in [-0.1, -0.05) is 15.9 Å². The molecule has 0 rings (SSSR count). The van der Waals surface area contributed by atoms with Gasteiger partial charge in [0.15, 0.2) is 0 Å². The van der Waals surface area contributed by atoms with Crippen LogP contribution in [0.1, 0.15) is 0 Å². The fourth-order valence-corrected chi connectivity index (χ4v) is 0.449. The molecule has 0 fully saturated rings. The Morgan fingerprint density at radius 1 is 1.78 bits per heavy atom. The van der Waals surface area contributed by atoms with Crippen molar-refractivity contribution in [1.29, 1.82) is 0 Å². The van der Waals surface area contributed by atoms with Crippen LogP contribution in [0.5, 0.6) is 0 Å². The normalized spacial score (nSPS) is 16.8. The number of nitrogens with two attached hydrogens (primary N) is 1. The van der Waals surface area contributed by atoms with Crippen LogP contribution in [0.15, 0.2) is 0 Å². The summed E-state index contributed by atoms with van der Waals surface area (Å²) in [7, 11) is 0. The number of halogens is 1. The molecule has 0 aliphatic rings. The molecule has 0 aromatic rings. The maximum Gasteiger partial charge on any atom is 0.233 e. The molecule has 0 unspecified atom stereocenters. The number of carbonyl (C=O) groups excluding carboxylic acids is 1. The fourth-order valence-electron chi connectivity index (χ4n) is 0.282. The summed E-state index contributed by atoms with van der Waals surface area (Å²) >= 11 is 2.78. The van der Waals surface area contributed by atoms with E-state index in [0.717, 1.165) is 0 Å². The molecule has 1 amide bonds. The molecule has 0 radical (unpaired) electrons. The maximum atomic E-state index is 10.2. The van der Waals surface area contributed by atoms with E-state index in [1.807, 2.05) is 0 Å². The van der Waals surface area contributed by atoms with E-state index in [1.54, 1.807) is 0 Å². The number of primary amides is 1. The molecular formula is C4H8BrNO3. The molecule has 0 aliphatic carbocycles.